The van der Waals surface area contributed by atoms with E-state index >= 15 is 0 Å². The van der Waals surface area contributed by atoms with Crippen LogP contribution in [0.5, 0.6) is 11.6 Å². The van der Waals surface area contributed by atoms with E-state index < -0.39 is 6.03 Å². The summed E-state index contributed by atoms with van der Waals surface area (Å²) in [6.45, 7) is 8.26. The summed E-state index contributed by atoms with van der Waals surface area (Å²) >= 11 is 6.12. The SMILES string of the molecule is Cc1ccc(NC(=O)Nc2cccnc2Oc2ccccc2C(C)(C)C)cc1Cl. The van der Waals surface area contributed by atoms with Crippen LogP contribution in [0.1, 0.15) is 31.9 Å². The molecule has 150 valence electrons. The number of hydrogen-bond donors (Lipinski definition) is 2. The molecule has 5 nitrogen and oxygen atoms in total. The van der Waals surface area contributed by atoms with Crippen molar-refractivity contribution in [1.82, 2.24) is 4.98 Å². The van der Waals surface area contributed by atoms with Crippen molar-refractivity contribution < 1.29 is 9.53 Å². The van der Waals surface area contributed by atoms with Crippen LogP contribution in [0.15, 0.2) is 60.8 Å². The topological polar surface area (TPSA) is 63.2 Å². The first-order chi connectivity index (χ1) is 13.7. The van der Waals surface area contributed by atoms with Crippen LogP contribution in [0.2, 0.25) is 5.02 Å². The van der Waals surface area contributed by atoms with Crippen LogP contribution >= 0.6 is 11.6 Å². The molecule has 3 rings (SSSR count). The van der Waals surface area contributed by atoms with E-state index in [9.17, 15) is 4.79 Å². The second-order valence-corrected chi connectivity index (χ2v) is 8.15. The monoisotopic (exact) mass is 409 g/mol. The maximum absolute atomic E-state index is 12.5. The minimum atomic E-state index is -0.410. The van der Waals surface area contributed by atoms with Crippen LogP contribution in [0.25, 0.3) is 0 Å². The Morgan fingerprint density at radius 3 is 2.52 bits per heavy atom. The van der Waals surface area contributed by atoms with E-state index in [1.165, 1.54) is 0 Å². The van der Waals surface area contributed by atoms with E-state index in [0.717, 1.165) is 11.1 Å². The highest BCUT2D eigenvalue weighted by atomic mass is 35.5. The molecule has 1 heterocycles. The average molecular weight is 410 g/mol. The molecule has 0 spiro atoms. The van der Waals surface area contributed by atoms with Gasteiger partial charge in [0.25, 0.3) is 0 Å². The van der Waals surface area contributed by atoms with Gasteiger partial charge in [-0.05, 0) is 48.2 Å². The zero-order chi connectivity index (χ0) is 21.0. The summed E-state index contributed by atoms with van der Waals surface area (Å²) in [6, 6.07) is 16.2. The van der Waals surface area contributed by atoms with Crippen molar-refractivity contribution in [2.75, 3.05) is 10.6 Å². The molecule has 0 saturated heterocycles. The molecule has 0 aliphatic rings. The molecule has 2 amide bonds. The highest BCUT2D eigenvalue weighted by Gasteiger charge is 2.20. The zero-order valence-electron chi connectivity index (χ0n) is 16.9. The molecule has 1 aromatic heterocycles. The number of nitrogens with zero attached hydrogens (tertiary/aromatic N) is 1. The summed E-state index contributed by atoms with van der Waals surface area (Å²) in [5.74, 6) is 1.02. The van der Waals surface area contributed by atoms with Gasteiger partial charge < -0.3 is 15.4 Å². The normalized spacial score (nSPS) is 11.1. The summed E-state index contributed by atoms with van der Waals surface area (Å²) in [5, 5.41) is 6.15. The van der Waals surface area contributed by atoms with Crippen LogP contribution in [0, 0.1) is 6.92 Å². The van der Waals surface area contributed by atoms with Crippen molar-refractivity contribution in [1.29, 1.82) is 0 Å². The summed E-state index contributed by atoms with van der Waals surface area (Å²) in [5.41, 5.74) is 2.96. The van der Waals surface area contributed by atoms with Crippen LogP contribution < -0.4 is 15.4 Å². The van der Waals surface area contributed by atoms with Gasteiger partial charge in [-0.3, -0.25) is 0 Å². The fourth-order valence-corrected chi connectivity index (χ4v) is 2.98. The molecule has 0 fully saturated rings. The first-order valence-corrected chi connectivity index (χ1v) is 9.68. The van der Waals surface area contributed by atoms with E-state index in [0.29, 0.717) is 28.0 Å². The van der Waals surface area contributed by atoms with Gasteiger partial charge in [-0.1, -0.05) is 56.6 Å². The van der Waals surface area contributed by atoms with Gasteiger partial charge in [0.2, 0.25) is 5.88 Å². The molecule has 0 saturated carbocycles. The van der Waals surface area contributed by atoms with Crippen LogP contribution in [-0.2, 0) is 5.41 Å². The maximum atomic E-state index is 12.5. The number of benzene rings is 2. The molecule has 29 heavy (non-hydrogen) atoms. The number of ether oxygens (including phenoxy) is 1. The number of amides is 2. The Hall–Kier alpha value is -3.05. The molecule has 0 aliphatic carbocycles. The number of carbonyl (C=O) groups is 1. The van der Waals surface area contributed by atoms with Crippen LogP contribution in [0.4, 0.5) is 16.2 Å². The van der Waals surface area contributed by atoms with Gasteiger partial charge in [0.1, 0.15) is 11.4 Å². The largest absolute Gasteiger partial charge is 0.437 e. The Kier molecular flexibility index (Phi) is 6.09. The van der Waals surface area contributed by atoms with Crippen LogP contribution in [-0.4, -0.2) is 11.0 Å². The fourth-order valence-electron chi connectivity index (χ4n) is 2.80. The minimum absolute atomic E-state index is 0.0962. The first kappa shape index (κ1) is 20.7. The maximum Gasteiger partial charge on any atom is 0.323 e. The Balaban J connectivity index is 1.79. The van der Waals surface area contributed by atoms with Crippen molar-refractivity contribution in [3.8, 4) is 11.6 Å². The quantitative estimate of drug-likeness (QED) is 0.499. The van der Waals surface area contributed by atoms with E-state index in [1.54, 1.807) is 30.5 Å². The number of aryl methyl sites for hydroxylation is 1. The van der Waals surface area contributed by atoms with Gasteiger partial charge >= 0.3 is 6.03 Å². The third-order valence-corrected chi connectivity index (χ3v) is 4.76. The number of urea groups is 1. The molecule has 0 atom stereocenters. The second-order valence-electron chi connectivity index (χ2n) is 7.75. The number of halogens is 1. The molecule has 0 bridgehead atoms. The summed E-state index contributed by atoms with van der Waals surface area (Å²) in [7, 11) is 0. The number of carbonyl (C=O) groups excluding carboxylic acids is 1. The van der Waals surface area contributed by atoms with Crippen LogP contribution in [0.3, 0.4) is 0 Å². The molecule has 0 radical (unpaired) electrons. The number of para-hydroxylation sites is 1. The van der Waals surface area contributed by atoms with Crippen molar-refractivity contribution in [3.05, 3.63) is 76.9 Å². The second kappa shape index (κ2) is 8.53. The Morgan fingerprint density at radius 1 is 1.03 bits per heavy atom. The van der Waals surface area contributed by atoms with Gasteiger partial charge in [-0.2, -0.15) is 0 Å². The number of anilines is 2. The van der Waals surface area contributed by atoms with Crippen molar-refractivity contribution in [2.45, 2.75) is 33.1 Å². The van der Waals surface area contributed by atoms with E-state index in [4.69, 9.17) is 16.3 Å². The van der Waals surface area contributed by atoms with Crippen molar-refractivity contribution in [3.63, 3.8) is 0 Å². The van der Waals surface area contributed by atoms with E-state index in [-0.39, 0.29) is 5.41 Å². The number of rotatable bonds is 4. The predicted octanol–water partition coefficient (Wildman–Crippen LogP) is 6.78. The number of hydrogen-bond acceptors (Lipinski definition) is 3. The lowest BCUT2D eigenvalue weighted by atomic mass is 9.86. The molecule has 0 unspecified atom stereocenters. The molecule has 3 aromatic rings. The number of nitrogens with one attached hydrogen (secondary N) is 2. The lowest BCUT2D eigenvalue weighted by molar-refractivity contribution is 0.262. The van der Waals surface area contributed by atoms with Gasteiger partial charge in [0.05, 0.1) is 0 Å². The van der Waals surface area contributed by atoms with Crippen molar-refractivity contribution in [2.24, 2.45) is 0 Å². The van der Waals surface area contributed by atoms with Gasteiger partial charge in [0, 0.05) is 22.5 Å². The average Bonchev–Trinajstić information content (AvgIpc) is 2.66. The number of aromatic nitrogens is 1. The Morgan fingerprint density at radius 2 is 1.79 bits per heavy atom. The van der Waals surface area contributed by atoms with Gasteiger partial charge in [0.15, 0.2) is 0 Å². The minimum Gasteiger partial charge on any atom is -0.437 e. The molecule has 0 aliphatic heterocycles. The fraction of sp³-hybridized carbons (Fsp3) is 0.217. The smallest absolute Gasteiger partial charge is 0.323 e. The lowest BCUT2D eigenvalue weighted by Crippen LogP contribution is -2.20. The highest BCUT2D eigenvalue weighted by Crippen LogP contribution is 2.35. The molecule has 2 N–H and O–H groups in total. The number of pyridine rings is 1. The first-order valence-electron chi connectivity index (χ1n) is 9.30. The van der Waals surface area contributed by atoms with E-state index in [2.05, 4.69) is 36.4 Å². The lowest BCUT2D eigenvalue weighted by Gasteiger charge is -2.22. The standard InChI is InChI=1S/C23H24ClN3O2/c1-15-11-12-16(14-18(15)24)26-22(28)27-19-9-7-13-25-21(19)29-20-10-6-5-8-17(20)23(2,3)4/h5-14H,1-4H3,(H2,26,27,28). The van der Waals surface area contributed by atoms with Gasteiger partial charge in [-0.15, -0.1) is 0 Å². The third kappa shape index (κ3) is 5.27. The Labute approximate surface area is 176 Å². The predicted molar refractivity (Wildman–Crippen MR) is 118 cm³/mol. The molecular weight excluding hydrogens is 386 g/mol. The molecule has 2 aromatic carbocycles. The summed E-state index contributed by atoms with van der Waals surface area (Å²) < 4.78 is 6.08. The molecular formula is C23H24ClN3O2. The Bertz CT molecular complexity index is 1030. The summed E-state index contributed by atoms with van der Waals surface area (Å²) in [4.78, 5) is 16.8. The summed E-state index contributed by atoms with van der Waals surface area (Å²) in [6.07, 6.45) is 1.62. The van der Waals surface area contributed by atoms with E-state index in [1.807, 2.05) is 37.3 Å². The zero-order valence-corrected chi connectivity index (χ0v) is 17.7. The molecule has 6 heteroatoms. The van der Waals surface area contributed by atoms with Gasteiger partial charge in [-0.25, -0.2) is 9.78 Å². The third-order valence-electron chi connectivity index (χ3n) is 4.35. The highest BCUT2D eigenvalue weighted by molar-refractivity contribution is 6.31. The van der Waals surface area contributed by atoms with Crippen molar-refractivity contribution >= 4 is 29.0 Å².